The Bertz CT molecular complexity index is 446. The van der Waals surface area contributed by atoms with Crippen LogP contribution in [0.2, 0.25) is 0 Å². The molecule has 2 amide bonds. The number of carbonyl (C=O) groups is 2. The van der Waals surface area contributed by atoms with E-state index in [4.69, 9.17) is 4.74 Å². The Labute approximate surface area is 117 Å². The van der Waals surface area contributed by atoms with Crippen molar-refractivity contribution in [1.29, 1.82) is 0 Å². The van der Waals surface area contributed by atoms with Crippen LogP contribution in [-0.2, 0) is 16.0 Å². The minimum Gasteiger partial charge on any atom is -0.453 e. The smallest absolute Gasteiger partial charge is 0.410 e. The summed E-state index contributed by atoms with van der Waals surface area (Å²) in [5.74, 6) is -0.116. The molecule has 0 radical (unpaired) electrons. The van der Waals surface area contributed by atoms with Crippen LogP contribution in [0.4, 0.5) is 4.79 Å². The average Bonchev–Trinajstić information content (AvgIpc) is 2.99. The molecule has 0 aliphatic carbocycles. The molecule has 2 N–H and O–H groups in total. The summed E-state index contributed by atoms with van der Waals surface area (Å²) in [6, 6.07) is 1.45. The lowest BCUT2D eigenvalue weighted by molar-refractivity contribution is -0.126. The topological polar surface area (TPSA) is 87.3 Å². The molecule has 0 aromatic carbocycles. The highest BCUT2D eigenvalue weighted by molar-refractivity contribution is 5.85. The quantitative estimate of drug-likeness (QED) is 0.849. The Morgan fingerprint density at radius 2 is 2.40 bits per heavy atom. The van der Waals surface area contributed by atoms with E-state index < -0.39 is 12.1 Å². The fraction of sp³-hybridized carbons (Fsp3) is 0.615. The molecular formula is C13H20N4O3. The monoisotopic (exact) mass is 280 g/mol. The second-order valence-electron chi connectivity index (χ2n) is 4.80. The maximum absolute atomic E-state index is 12.2. The van der Waals surface area contributed by atoms with Crippen molar-refractivity contribution < 1.29 is 14.3 Å². The van der Waals surface area contributed by atoms with Crippen molar-refractivity contribution in [1.82, 2.24) is 20.4 Å². The van der Waals surface area contributed by atoms with Gasteiger partial charge in [-0.25, -0.2) is 4.79 Å². The molecule has 0 spiro atoms. The molecule has 7 heteroatoms. The van der Waals surface area contributed by atoms with E-state index in [9.17, 15) is 9.59 Å². The lowest BCUT2D eigenvalue weighted by Crippen LogP contribution is -2.52. The highest BCUT2D eigenvalue weighted by Gasteiger charge is 2.32. The van der Waals surface area contributed by atoms with E-state index in [1.165, 1.54) is 12.0 Å². The number of amides is 2. The van der Waals surface area contributed by atoms with Crippen LogP contribution >= 0.6 is 0 Å². The SMILES string of the molecule is COC(=O)N1CCCC[C@H]1C(=O)NCCc1ccn[nH]1. The van der Waals surface area contributed by atoms with Gasteiger partial charge in [0.25, 0.3) is 0 Å². The summed E-state index contributed by atoms with van der Waals surface area (Å²) in [5.41, 5.74) is 0.971. The van der Waals surface area contributed by atoms with Gasteiger partial charge in [0, 0.05) is 31.4 Å². The number of aromatic nitrogens is 2. The third kappa shape index (κ3) is 3.49. The molecule has 0 bridgehead atoms. The lowest BCUT2D eigenvalue weighted by atomic mass is 10.0. The molecule has 2 heterocycles. The fourth-order valence-electron chi connectivity index (χ4n) is 2.40. The Balaban J connectivity index is 1.84. The summed E-state index contributed by atoms with van der Waals surface area (Å²) in [6.45, 7) is 1.10. The molecule has 1 saturated heterocycles. The van der Waals surface area contributed by atoms with Crippen LogP contribution < -0.4 is 5.32 Å². The number of aromatic amines is 1. The van der Waals surface area contributed by atoms with Gasteiger partial charge in [0.05, 0.1) is 7.11 Å². The highest BCUT2D eigenvalue weighted by Crippen LogP contribution is 2.18. The molecule has 1 aliphatic heterocycles. The maximum atomic E-state index is 12.2. The number of carbonyl (C=O) groups excluding carboxylic acids is 2. The van der Waals surface area contributed by atoms with Crippen molar-refractivity contribution in [3.05, 3.63) is 18.0 Å². The van der Waals surface area contributed by atoms with Crippen LogP contribution in [0.25, 0.3) is 0 Å². The van der Waals surface area contributed by atoms with Crippen LogP contribution in [-0.4, -0.2) is 53.3 Å². The zero-order valence-corrected chi connectivity index (χ0v) is 11.6. The van der Waals surface area contributed by atoms with Gasteiger partial charge in [-0.3, -0.25) is 14.8 Å². The molecule has 1 aromatic rings. The number of H-pyrrole nitrogens is 1. The lowest BCUT2D eigenvalue weighted by Gasteiger charge is -2.33. The molecule has 1 aliphatic rings. The van der Waals surface area contributed by atoms with E-state index in [0.717, 1.165) is 18.5 Å². The van der Waals surface area contributed by atoms with Gasteiger partial charge in [-0.05, 0) is 25.3 Å². The summed E-state index contributed by atoms with van der Waals surface area (Å²) in [5, 5.41) is 9.55. The number of likely N-dealkylation sites (tertiary alicyclic amines) is 1. The van der Waals surface area contributed by atoms with Gasteiger partial charge >= 0.3 is 6.09 Å². The standard InChI is InChI=1S/C13H20N4O3/c1-20-13(19)17-9-3-2-4-11(17)12(18)14-7-5-10-6-8-15-16-10/h6,8,11H,2-5,7,9H2,1H3,(H,14,18)(H,15,16)/t11-/m0/s1. The maximum Gasteiger partial charge on any atom is 0.410 e. The molecule has 2 rings (SSSR count). The second-order valence-corrected chi connectivity index (χ2v) is 4.80. The van der Waals surface area contributed by atoms with E-state index in [1.54, 1.807) is 6.20 Å². The zero-order chi connectivity index (χ0) is 14.4. The Morgan fingerprint density at radius 1 is 1.55 bits per heavy atom. The van der Waals surface area contributed by atoms with E-state index in [-0.39, 0.29) is 5.91 Å². The Morgan fingerprint density at radius 3 is 3.10 bits per heavy atom. The van der Waals surface area contributed by atoms with E-state index >= 15 is 0 Å². The van der Waals surface area contributed by atoms with Crippen molar-refractivity contribution in [2.75, 3.05) is 20.2 Å². The van der Waals surface area contributed by atoms with Gasteiger partial charge in [0.1, 0.15) is 6.04 Å². The molecule has 20 heavy (non-hydrogen) atoms. The third-order valence-electron chi connectivity index (χ3n) is 3.47. The number of nitrogens with one attached hydrogen (secondary N) is 2. The minimum absolute atomic E-state index is 0.116. The summed E-state index contributed by atoms with van der Waals surface area (Å²) in [7, 11) is 1.34. The number of methoxy groups -OCH3 is 1. The van der Waals surface area contributed by atoms with Crippen molar-refractivity contribution in [3.8, 4) is 0 Å². The third-order valence-corrected chi connectivity index (χ3v) is 3.47. The van der Waals surface area contributed by atoms with Gasteiger partial charge in [0.2, 0.25) is 5.91 Å². The second kappa shape index (κ2) is 6.93. The fourth-order valence-corrected chi connectivity index (χ4v) is 2.40. The highest BCUT2D eigenvalue weighted by atomic mass is 16.5. The van der Waals surface area contributed by atoms with Crippen molar-refractivity contribution >= 4 is 12.0 Å². The molecule has 1 aromatic heterocycles. The van der Waals surface area contributed by atoms with Crippen LogP contribution in [0.1, 0.15) is 25.0 Å². The Kier molecular flexibility index (Phi) is 4.97. The summed E-state index contributed by atoms with van der Waals surface area (Å²) >= 11 is 0. The first-order valence-electron chi connectivity index (χ1n) is 6.83. The van der Waals surface area contributed by atoms with Gasteiger partial charge < -0.3 is 10.1 Å². The van der Waals surface area contributed by atoms with Gasteiger partial charge in [-0.1, -0.05) is 0 Å². The molecule has 110 valence electrons. The van der Waals surface area contributed by atoms with Gasteiger partial charge in [-0.2, -0.15) is 5.10 Å². The largest absolute Gasteiger partial charge is 0.453 e. The van der Waals surface area contributed by atoms with Crippen LogP contribution in [0, 0.1) is 0 Å². The number of rotatable bonds is 4. The molecule has 7 nitrogen and oxygen atoms in total. The van der Waals surface area contributed by atoms with Gasteiger partial charge in [0.15, 0.2) is 0 Å². The minimum atomic E-state index is -0.432. The van der Waals surface area contributed by atoms with E-state index in [0.29, 0.717) is 25.9 Å². The number of ether oxygens (including phenoxy) is 1. The first kappa shape index (κ1) is 14.4. The van der Waals surface area contributed by atoms with Crippen LogP contribution in [0.15, 0.2) is 12.3 Å². The van der Waals surface area contributed by atoms with E-state index in [1.807, 2.05) is 6.07 Å². The first-order chi connectivity index (χ1) is 9.72. The Hall–Kier alpha value is -2.05. The van der Waals surface area contributed by atoms with Gasteiger partial charge in [-0.15, -0.1) is 0 Å². The van der Waals surface area contributed by atoms with Crippen molar-refractivity contribution in [2.45, 2.75) is 31.7 Å². The average molecular weight is 280 g/mol. The predicted octanol–water partition coefficient (Wildman–Crippen LogP) is 0.689. The number of piperidine rings is 1. The van der Waals surface area contributed by atoms with E-state index in [2.05, 4.69) is 15.5 Å². The summed E-state index contributed by atoms with van der Waals surface area (Å²) in [6.07, 6.45) is 4.48. The predicted molar refractivity (Wildman–Crippen MR) is 72.1 cm³/mol. The zero-order valence-electron chi connectivity index (χ0n) is 11.6. The number of hydrogen-bond donors (Lipinski definition) is 2. The van der Waals surface area contributed by atoms with Crippen molar-refractivity contribution in [3.63, 3.8) is 0 Å². The molecule has 1 fully saturated rings. The number of hydrogen-bond acceptors (Lipinski definition) is 4. The molecule has 0 unspecified atom stereocenters. The molecular weight excluding hydrogens is 260 g/mol. The molecule has 1 atom stereocenters. The van der Waals surface area contributed by atoms with Crippen LogP contribution in [0.5, 0.6) is 0 Å². The first-order valence-corrected chi connectivity index (χ1v) is 6.83. The summed E-state index contributed by atoms with van der Waals surface area (Å²) in [4.78, 5) is 25.3. The summed E-state index contributed by atoms with van der Waals surface area (Å²) < 4.78 is 4.73. The van der Waals surface area contributed by atoms with Crippen LogP contribution in [0.3, 0.4) is 0 Å². The molecule has 0 saturated carbocycles. The number of nitrogens with zero attached hydrogens (tertiary/aromatic N) is 2. The van der Waals surface area contributed by atoms with Crippen molar-refractivity contribution in [2.24, 2.45) is 0 Å². The normalized spacial score (nSPS) is 18.6.